The number of hydrogen-bond acceptors (Lipinski definition) is 5. The predicted molar refractivity (Wildman–Crippen MR) is 83.0 cm³/mol. The lowest BCUT2D eigenvalue weighted by atomic mass is 9.81. The Hall–Kier alpha value is -1.45. The molecule has 0 radical (unpaired) electrons. The first-order chi connectivity index (χ1) is 10.1. The van der Waals surface area contributed by atoms with Crippen LogP contribution in [0.15, 0.2) is 11.1 Å². The van der Waals surface area contributed by atoms with Crippen molar-refractivity contribution in [3.8, 4) is 0 Å². The number of nitrogens with one attached hydrogen (secondary N) is 1. The molecule has 8 heteroatoms. The summed E-state index contributed by atoms with van der Waals surface area (Å²) in [6.07, 6.45) is 4.65. The Morgan fingerprint density at radius 1 is 1.43 bits per heavy atom. The van der Waals surface area contributed by atoms with Gasteiger partial charge in [-0.25, -0.2) is 9.50 Å². The molecule has 0 atom stereocenters. The summed E-state index contributed by atoms with van der Waals surface area (Å²) >= 11 is 2.06. The number of nitrogens with zero attached hydrogens (tertiary/aromatic N) is 3. The minimum atomic E-state index is -0.184. The zero-order valence-corrected chi connectivity index (χ0v) is 13.7. The molecule has 3 rings (SSSR count). The summed E-state index contributed by atoms with van der Waals surface area (Å²) in [5, 5.41) is 4.21. The number of fused-ring (bicyclic) bond motifs is 1. The van der Waals surface area contributed by atoms with Crippen molar-refractivity contribution in [2.75, 3.05) is 7.11 Å². The fourth-order valence-electron chi connectivity index (χ4n) is 2.94. The van der Waals surface area contributed by atoms with Crippen LogP contribution in [0.4, 0.5) is 0 Å². The Labute approximate surface area is 134 Å². The molecule has 0 bridgehead atoms. The normalized spacial score (nSPS) is 22.4. The van der Waals surface area contributed by atoms with Crippen LogP contribution < -0.4 is 5.56 Å². The summed E-state index contributed by atoms with van der Waals surface area (Å²) < 4.78 is 7.09. The molecule has 0 aliphatic heterocycles. The molecule has 2 heterocycles. The van der Waals surface area contributed by atoms with Gasteiger partial charge in [0.05, 0.1) is 13.0 Å². The van der Waals surface area contributed by atoms with Crippen molar-refractivity contribution in [3.63, 3.8) is 0 Å². The van der Waals surface area contributed by atoms with Crippen LogP contribution in [0.5, 0.6) is 0 Å². The van der Waals surface area contributed by atoms with Gasteiger partial charge < -0.3 is 9.72 Å². The zero-order valence-electron chi connectivity index (χ0n) is 11.5. The Morgan fingerprint density at radius 2 is 2.14 bits per heavy atom. The molecule has 1 aliphatic carbocycles. The van der Waals surface area contributed by atoms with E-state index in [1.165, 1.54) is 13.4 Å². The highest BCUT2D eigenvalue weighted by Crippen LogP contribution is 2.36. The topological polar surface area (TPSA) is 89.3 Å². The summed E-state index contributed by atoms with van der Waals surface area (Å²) in [6.45, 7) is 0. The molecule has 1 saturated carbocycles. The van der Waals surface area contributed by atoms with Crippen LogP contribution >= 0.6 is 22.6 Å². The number of H-pyrrole nitrogens is 1. The van der Waals surface area contributed by atoms with E-state index in [4.69, 9.17) is 4.74 Å². The lowest BCUT2D eigenvalue weighted by Crippen LogP contribution is -2.23. The number of carbonyl (C=O) groups excluding carboxylic acids is 1. The molecule has 112 valence electrons. The van der Waals surface area contributed by atoms with Crippen molar-refractivity contribution in [2.24, 2.45) is 5.92 Å². The lowest BCUT2D eigenvalue weighted by Gasteiger charge is -2.25. The second-order valence-corrected chi connectivity index (χ2v) is 6.23. The van der Waals surface area contributed by atoms with Gasteiger partial charge in [0.1, 0.15) is 15.9 Å². The maximum Gasteiger partial charge on any atom is 0.308 e. The molecule has 0 saturated heterocycles. The molecular formula is C13H15IN4O3. The maximum atomic E-state index is 11.9. The highest BCUT2D eigenvalue weighted by Gasteiger charge is 2.30. The fraction of sp³-hybridized carbons (Fsp3) is 0.538. The molecule has 1 fully saturated rings. The van der Waals surface area contributed by atoms with E-state index in [-0.39, 0.29) is 23.4 Å². The van der Waals surface area contributed by atoms with Crippen LogP contribution in [-0.4, -0.2) is 32.7 Å². The number of hydrogen-bond donors (Lipinski definition) is 1. The van der Waals surface area contributed by atoms with E-state index < -0.39 is 0 Å². The first-order valence-electron chi connectivity index (χ1n) is 6.81. The summed E-state index contributed by atoms with van der Waals surface area (Å²) in [5.74, 6) is 0.874. The summed E-state index contributed by atoms with van der Waals surface area (Å²) in [5.41, 5.74) is 0.305. The van der Waals surface area contributed by atoms with Crippen LogP contribution in [0.1, 0.15) is 37.4 Å². The standard InChI is InChI=1S/C13H15IN4O3/c1-21-13(20)8-4-2-7(3-5-8)11-17-10(14)9-12(19)15-6-16-18(9)11/h6-8H,2-5H2,1H3,(H,15,16,19)/t7-,8-. The number of aromatic amines is 1. The van der Waals surface area contributed by atoms with Gasteiger partial charge in [-0.1, -0.05) is 0 Å². The number of imidazole rings is 1. The molecule has 1 N–H and O–H groups in total. The minimum Gasteiger partial charge on any atom is -0.469 e. The number of esters is 1. The van der Waals surface area contributed by atoms with Crippen molar-refractivity contribution >= 4 is 34.1 Å². The fourth-order valence-corrected chi connectivity index (χ4v) is 3.66. The first-order valence-corrected chi connectivity index (χ1v) is 7.89. The van der Waals surface area contributed by atoms with E-state index in [1.807, 2.05) is 0 Å². The van der Waals surface area contributed by atoms with E-state index in [2.05, 4.69) is 37.7 Å². The van der Waals surface area contributed by atoms with Gasteiger partial charge in [-0.2, -0.15) is 5.10 Å². The van der Waals surface area contributed by atoms with E-state index in [9.17, 15) is 9.59 Å². The zero-order chi connectivity index (χ0) is 15.0. The molecule has 0 unspecified atom stereocenters. The van der Waals surface area contributed by atoms with Crippen LogP contribution in [0.25, 0.3) is 5.52 Å². The van der Waals surface area contributed by atoms with Crippen LogP contribution in [0, 0.1) is 9.62 Å². The highest BCUT2D eigenvalue weighted by molar-refractivity contribution is 14.1. The largest absolute Gasteiger partial charge is 0.469 e. The molecule has 21 heavy (non-hydrogen) atoms. The van der Waals surface area contributed by atoms with Gasteiger partial charge in [0.25, 0.3) is 5.56 Å². The van der Waals surface area contributed by atoms with E-state index >= 15 is 0 Å². The third-order valence-electron chi connectivity index (χ3n) is 4.05. The lowest BCUT2D eigenvalue weighted by molar-refractivity contribution is -0.146. The quantitative estimate of drug-likeness (QED) is 0.607. The van der Waals surface area contributed by atoms with Gasteiger partial charge in [0.2, 0.25) is 0 Å². The van der Waals surface area contributed by atoms with Gasteiger partial charge in [-0.05, 0) is 48.3 Å². The molecule has 0 aromatic carbocycles. The van der Waals surface area contributed by atoms with Crippen molar-refractivity contribution in [1.82, 2.24) is 19.6 Å². The van der Waals surface area contributed by atoms with Crippen molar-refractivity contribution in [3.05, 3.63) is 26.2 Å². The van der Waals surface area contributed by atoms with Crippen LogP contribution in [0.2, 0.25) is 0 Å². The third-order valence-corrected chi connectivity index (χ3v) is 4.80. The van der Waals surface area contributed by atoms with Gasteiger partial charge in [-0.3, -0.25) is 9.59 Å². The Morgan fingerprint density at radius 3 is 2.81 bits per heavy atom. The van der Waals surface area contributed by atoms with Crippen molar-refractivity contribution < 1.29 is 9.53 Å². The average molecular weight is 402 g/mol. The highest BCUT2D eigenvalue weighted by atomic mass is 127. The van der Waals surface area contributed by atoms with E-state index in [0.717, 1.165) is 31.5 Å². The molecule has 2 aromatic rings. The minimum absolute atomic E-state index is 0.0205. The van der Waals surface area contributed by atoms with Gasteiger partial charge in [0, 0.05) is 5.92 Å². The molecule has 7 nitrogen and oxygen atoms in total. The smallest absolute Gasteiger partial charge is 0.308 e. The number of carbonyl (C=O) groups is 1. The Bertz CT molecular complexity index is 731. The number of ether oxygens (including phenoxy) is 1. The predicted octanol–water partition coefficient (Wildman–Crippen LogP) is 1.47. The van der Waals surface area contributed by atoms with Gasteiger partial charge >= 0.3 is 5.97 Å². The molecule has 0 amide bonds. The number of methoxy groups -OCH3 is 1. The van der Waals surface area contributed by atoms with Crippen molar-refractivity contribution in [2.45, 2.75) is 31.6 Å². The SMILES string of the molecule is COC(=O)[C@H]1CC[C@H](c2nc(I)c3c(=O)[nH]cnn32)CC1. The molecular weight excluding hydrogens is 387 g/mol. The molecule has 0 spiro atoms. The maximum absolute atomic E-state index is 11.9. The van der Waals surface area contributed by atoms with Gasteiger partial charge in [0.15, 0.2) is 5.52 Å². The van der Waals surface area contributed by atoms with E-state index in [1.54, 1.807) is 4.52 Å². The second kappa shape index (κ2) is 5.74. The number of rotatable bonds is 2. The second-order valence-electron chi connectivity index (χ2n) is 5.21. The summed E-state index contributed by atoms with van der Waals surface area (Å²) in [7, 11) is 1.43. The van der Waals surface area contributed by atoms with Gasteiger partial charge in [-0.15, -0.1) is 0 Å². The van der Waals surface area contributed by atoms with Crippen molar-refractivity contribution in [1.29, 1.82) is 0 Å². The molecule has 2 aromatic heterocycles. The number of aromatic nitrogens is 4. The Balaban J connectivity index is 1.88. The molecule has 1 aliphatic rings. The van der Waals surface area contributed by atoms with Crippen LogP contribution in [-0.2, 0) is 9.53 Å². The van der Waals surface area contributed by atoms with Crippen LogP contribution in [0.3, 0.4) is 0 Å². The van der Waals surface area contributed by atoms with E-state index in [0.29, 0.717) is 9.22 Å². The monoisotopic (exact) mass is 402 g/mol. The summed E-state index contributed by atoms with van der Waals surface area (Å²) in [4.78, 5) is 30.5. The first kappa shape index (κ1) is 14.5. The third kappa shape index (κ3) is 2.56. The number of halogens is 1. The average Bonchev–Trinajstić information content (AvgIpc) is 2.85. The Kier molecular flexibility index (Phi) is 3.96. The summed E-state index contributed by atoms with van der Waals surface area (Å²) in [6, 6.07) is 0.